The third-order valence-corrected chi connectivity index (χ3v) is 9.98. The minimum Gasteiger partial charge on any atom is -0.870 e. The average molecular weight is 413 g/mol. The van der Waals surface area contributed by atoms with Crippen molar-refractivity contribution in [2.75, 3.05) is 0 Å². The maximum absolute atomic E-state index is 2.34. The molecule has 0 saturated carbocycles. The summed E-state index contributed by atoms with van der Waals surface area (Å²) < 4.78 is 0. The monoisotopic (exact) mass is 412 g/mol. The van der Waals surface area contributed by atoms with E-state index in [1.807, 2.05) is 0 Å². The van der Waals surface area contributed by atoms with E-state index in [-0.39, 0.29) is 5.48 Å². The molecule has 0 atom stereocenters. The molecular formula is C28H29OP. The highest BCUT2D eigenvalue weighted by Crippen LogP contribution is 2.54. The molecule has 30 heavy (non-hydrogen) atoms. The summed E-state index contributed by atoms with van der Waals surface area (Å²) in [5.74, 6) is 0. The van der Waals surface area contributed by atoms with Crippen LogP contribution >= 0.6 is 7.26 Å². The van der Waals surface area contributed by atoms with Crippen LogP contribution in [0.15, 0.2) is 97.1 Å². The molecule has 4 aromatic carbocycles. The Morgan fingerprint density at radius 2 is 0.500 bits per heavy atom. The number of benzene rings is 4. The molecule has 0 aliphatic heterocycles. The van der Waals surface area contributed by atoms with Crippen LogP contribution in [0.5, 0.6) is 0 Å². The summed E-state index contributed by atoms with van der Waals surface area (Å²) in [6, 6.07) is 36.7. The van der Waals surface area contributed by atoms with Crippen molar-refractivity contribution in [2.24, 2.45) is 0 Å². The zero-order valence-electron chi connectivity index (χ0n) is 18.1. The Kier molecular flexibility index (Phi) is 6.56. The molecular weight excluding hydrogens is 383 g/mol. The van der Waals surface area contributed by atoms with Crippen molar-refractivity contribution in [2.45, 2.75) is 27.7 Å². The molecule has 4 aromatic rings. The lowest BCUT2D eigenvalue weighted by molar-refractivity contribution is 0.824. The summed E-state index contributed by atoms with van der Waals surface area (Å²) in [5, 5.41) is 5.61. The summed E-state index contributed by atoms with van der Waals surface area (Å²) >= 11 is 0. The molecule has 0 amide bonds. The van der Waals surface area contributed by atoms with Gasteiger partial charge in [-0.15, -0.1) is 0 Å². The number of hydrogen-bond acceptors (Lipinski definition) is 1. The molecule has 0 fully saturated rings. The minimum absolute atomic E-state index is 0. The standard InChI is InChI=1S/C28H28P.H2O/c1-21-5-13-25(14-6-21)29(26-15-7-22(2)8-16-26,27-17-9-23(3)10-18-27)28-19-11-24(4)12-20-28;/h5-20H,1-4H3;1H2/q+1;/p-1. The van der Waals surface area contributed by atoms with E-state index >= 15 is 0 Å². The smallest absolute Gasteiger partial charge is 0.144 e. The Morgan fingerprint density at radius 3 is 0.667 bits per heavy atom. The fraction of sp³-hybridized carbons (Fsp3) is 0.143. The zero-order chi connectivity index (χ0) is 20.4. The second-order valence-electron chi connectivity index (χ2n) is 8.01. The van der Waals surface area contributed by atoms with Crippen LogP contribution in [0.3, 0.4) is 0 Å². The maximum Gasteiger partial charge on any atom is 0.144 e. The Balaban J connectivity index is 0.00000256. The van der Waals surface area contributed by atoms with Gasteiger partial charge in [-0.1, -0.05) is 70.8 Å². The fourth-order valence-corrected chi connectivity index (χ4v) is 8.14. The lowest BCUT2D eigenvalue weighted by Gasteiger charge is -2.28. The van der Waals surface area contributed by atoms with Crippen molar-refractivity contribution in [3.63, 3.8) is 0 Å². The molecule has 0 heterocycles. The molecule has 0 aliphatic carbocycles. The van der Waals surface area contributed by atoms with Crippen molar-refractivity contribution in [1.29, 1.82) is 0 Å². The van der Waals surface area contributed by atoms with Gasteiger partial charge in [0.2, 0.25) is 0 Å². The summed E-state index contributed by atoms with van der Waals surface area (Å²) in [4.78, 5) is 0. The largest absolute Gasteiger partial charge is 0.870 e. The van der Waals surface area contributed by atoms with E-state index in [1.54, 1.807) is 0 Å². The Hall–Kier alpha value is -2.73. The van der Waals surface area contributed by atoms with Gasteiger partial charge >= 0.3 is 0 Å². The lowest BCUT2D eigenvalue weighted by Crippen LogP contribution is -2.38. The predicted octanol–water partition coefficient (Wildman–Crippen LogP) is 5.36. The minimum atomic E-state index is -1.98. The second kappa shape index (κ2) is 8.96. The molecule has 2 heteroatoms. The fourth-order valence-electron chi connectivity index (χ4n) is 3.97. The van der Waals surface area contributed by atoms with Crippen LogP contribution in [0.1, 0.15) is 22.3 Å². The van der Waals surface area contributed by atoms with Crippen molar-refractivity contribution < 1.29 is 5.48 Å². The number of rotatable bonds is 4. The van der Waals surface area contributed by atoms with Crippen LogP contribution in [-0.2, 0) is 0 Å². The van der Waals surface area contributed by atoms with Crippen LogP contribution in [0, 0.1) is 27.7 Å². The highest BCUT2D eigenvalue weighted by molar-refractivity contribution is 8.01. The van der Waals surface area contributed by atoms with E-state index in [0.29, 0.717) is 0 Å². The second-order valence-corrected chi connectivity index (χ2v) is 11.4. The normalized spacial score (nSPS) is 11.1. The van der Waals surface area contributed by atoms with E-state index in [2.05, 4.69) is 125 Å². The molecule has 0 spiro atoms. The molecule has 0 bridgehead atoms. The molecule has 1 nitrogen and oxygen atoms in total. The summed E-state index contributed by atoms with van der Waals surface area (Å²) in [6.07, 6.45) is 0. The lowest BCUT2D eigenvalue weighted by atomic mass is 10.2. The van der Waals surface area contributed by atoms with Gasteiger partial charge in [-0.25, -0.2) is 0 Å². The van der Waals surface area contributed by atoms with Gasteiger partial charge in [0.1, 0.15) is 28.5 Å². The third-order valence-electron chi connectivity index (χ3n) is 5.69. The maximum atomic E-state index is 2.34. The Morgan fingerprint density at radius 1 is 0.333 bits per heavy atom. The van der Waals surface area contributed by atoms with Crippen LogP contribution in [0.4, 0.5) is 0 Å². The number of aryl methyl sites for hydroxylation is 4. The first-order valence-electron chi connectivity index (χ1n) is 10.2. The van der Waals surface area contributed by atoms with Gasteiger partial charge in [0.15, 0.2) is 0 Å². The van der Waals surface area contributed by atoms with E-state index < -0.39 is 7.26 Å². The first-order valence-corrected chi connectivity index (χ1v) is 12.0. The predicted molar refractivity (Wildman–Crippen MR) is 132 cm³/mol. The van der Waals surface area contributed by atoms with E-state index in [0.717, 1.165) is 0 Å². The van der Waals surface area contributed by atoms with Crippen molar-refractivity contribution in [1.82, 2.24) is 0 Å². The number of hydrogen-bond donors (Lipinski definition) is 0. The molecule has 0 aromatic heterocycles. The molecule has 0 saturated heterocycles. The Bertz CT molecular complexity index is 906. The molecule has 0 unspecified atom stereocenters. The van der Waals surface area contributed by atoms with Crippen molar-refractivity contribution in [3.8, 4) is 0 Å². The van der Waals surface area contributed by atoms with Crippen LogP contribution in [0.25, 0.3) is 0 Å². The highest BCUT2D eigenvalue weighted by Gasteiger charge is 2.47. The third kappa shape index (κ3) is 3.97. The first kappa shape index (κ1) is 22.0. The van der Waals surface area contributed by atoms with Gasteiger partial charge in [0.05, 0.1) is 0 Å². The SMILES string of the molecule is Cc1ccc([P+](c2ccc(C)cc2)(c2ccc(C)cc2)c2ccc(C)cc2)cc1.[OH-]. The van der Waals surface area contributed by atoms with Gasteiger partial charge < -0.3 is 5.48 Å². The van der Waals surface area contributed by atoms with Gasteiger partial charge in [-0.05, 0) is 76.2 Å². The van der Waals surface area contributed by atoms with Crippen LogP contribution in [-0.4, -0.2) is 5.48 Å². The van der Waals surface area contributed by atoms with Gasteiger partial charge in [-0.2, -0.15) is 0 Å². The Labute approximate surface area is 181 Å². The summed E-state index contributed by atoms with van der Waals surface area (Å²) in [6.45, 7) is 8.64. The molecule has 0 radical (unpaired) electrons. The van der Waals surface area contributed by atoms with Gasteiger partial charge in [-0.3, -0.25) is 0 Å². The highest BCUT2D eigenvalue weighted by atomic mass is 31.2. The van der Waals surface area contributed by atoms with Gasteiger partial charge in [0.25, 0.3) is 0 Å². The summed E-state index contributed by atoms with van der Waals surface area (Å²) in [5.41, 5.74) is 5.18. The molecule has 4 rings (SSSR count). The van der Waals surface area contributed by atoms with Crippen molar-refractivity contribution in [3.05, 3.63) is 119 Å². The summed E-state index contributed by atoms with van der Waals surface area (Å²) in [7, 11) is -1.98. The van der Waals surface area contributed by atoms with Crippen LogP contribution < -0.4 is 21.2 Å². The first-order chi connectivity index (χ1) is 14.0. The van der Waals surface area contributed by atoms with E-state index in [9.17, 15) is 0 Å². The van der Waals surface area contributed by atoms with E-state index in [4.69, 9.17) is 0 Å². The quantitative estimate of drug-likeness (QED) is 0.415. The van der Waals surface area contributed by atoms with Crippen LogP contribution in [0.2, 0.25) is 0 Å². The van der Waals surface area contributed by atoms with E-state index in [1.165, 1.54) is 43.5 Å². The zero-order valence-corrected chi connectivity index (χ0v) is 19.0. The van der Waals surface area contributed by atoms with Crippen molar-refractivity contribution >= 4 is 28.5 Å². The molecule has 0 aliphatic rings. The molecule has 152 valence electrons. The average Bonchev–Trinajstić information content (AvgIpc) is 2.73. The molecule has 1 N–H and O–H groups in total. The van der Waals surface area contributed by atoms with Gasteiger partial charge in [0, 0.05) is 0 Å². The topological polar surface area (TPSA) is 30.0 Å².